The molecule has 0 unspecified atom stereocenters. The molecule has 0 atom stereocenters. The number of allylic oxidation sites excluding steroid dienone is 2. The number of rotatable bonds is 11. The largest absolute Gasteiger partial charge is 0.464 e. The Kier molecular flexibility index (Phi) is 12.2. The van der Waals surface area contributed by atoms with Gasteiger partial charge in [0.05, 0.1) is 14.2 Å². The number of methoxy groups -OCH3 is 2. The number of carbonyl (C=O) groups is 4. The molecule has 0 rings (SSSR count). The second kappa shape index (κ2) is 13.6. The van der Waals surface area contributed by atoms with E-state index < -0.39 is 11.9 Å². The van der Waals surface area contributed by atoms with Crippen molar-refractivity contribution in [1.82, 2.24) is 10.6 Å². The molecule has 0 aromatic heterocycles. The van der Waals surface area contributed by atoms with Crippen LogP contribution in [0.2, 0.25) is 0 Å². The fourth-order valence-electron chi connectivity index (χ4n) is 2.11. The molecule has 8 heteroatoms. The molecule has 2 N–H and O–H groups in total. The third-order valence-corrected chi connectivity index (χ3v) is 3.29. The highest BCUT2D eigenvalue weighted by Gasteiger charge is 2.11. The lowest BCUT2D eigenvalue weighted by Crippen LogP contribution is -2.25. The number of unbranched alkanes of at least 4 members (excludes halogenated alkanes) is 5. The molecule has 0 aromatic carbocycles. The van der Waals surface area contributed by atoms with Gasteiger partial charge in [0, 0.05) is 13.8 Å². The Hall–Kier alpha value is -2.64. The molecule has 0 radical (unpaired) electrons. The molecular weight excluding hydrogens is 340 g/mol. The number of ether oxygens (including phenoxy) is 2. The first-order valence-corrected chi connectivity index (χ1v) is 8.44. The van der Waals surface area contributed by atoms with Gasteiger partial charge >= 0.3 is 11.9 Å². The lowest BCUT2D eigenvalue weighted by Gasteiger charge is -2.06. The van der Waals surface area contributed by atoms with Gasteiger partial charge in [0.15, 0.2) is 0 Å². The first-order chi connectivity index (χ1) is 12.3. The van der Waals surface area contributed by atoms with Crippen LogP contribution in [0.3, 0.4) is 0 Å². The van der Waals surface area contributed by atoms with E-state index in [1.165, 1.54) is 28.1 Å². The van der Waals surface area contributed by atoms with Gasteiger partial charge in [0.25, 0.3) is 0 Å². The van der Waals surface area contributed by atoms with E-state index in [-0.39, 0.29) is 23.2 Å². The zero-order chi connectivity index (χ0) is 19.9. The van der Waals surface area contributed by atoms with Gasteiger partial charge in [-0.2, -0.15) is 0 Å². The van der Waals surface area contributed by atoms with Crippen LogP contribution in [0.5, 0.6) is 0 Å². The molecule has 0 fully saturated rings. The number of hydrogen-bond acceptors (Lipinski definition) is 6. The minimum absolute atomic E-state index is 0.154. The van der Waals surface area contributed by atoms with Crippen LogP contribution in [0.1, 0.15) is 52.4 Å². The highest BCUT2D eigenvalue weighted by Crippen LogP contribution is 2.09. The molecule has 8 nitrogen and oxygen atoms in total. The summed E-state index contributed by atoms with van der Waals surface area (Å²) in [4.78, 5) is 45.1. The molecule has 0 bridgehead atoms. The van der Waals surface area contributed by atoms with Crippen molar-refractivity contribution in [3.8, 4) is 0 Å². The third kappa shape index (κ3) is 11.0. The zero-order valence-corrected chi connectivity index (χ0v) is 15.8. The number of esters is 2. The van der Waals surface area contributed by atoms with Crippen molar-refractivity contribution in [2.45, 2.75) is 52.4 Å². The van der Waals surface area contributed by atoms with Crippen LogP contribution in [0.25, 0.3) is 0 Å². The van der Waals surface area contributed by atoms with Crippen LogP contribution < -0.4 is 10.6 Å². The highest BCUT2D eigenvalue weighted by molar-refractivity contribution is 5.93. The Morgan fingerprint density at radius 1 is 0.692 bits per heavy atom. The van der Waals surface area contributed by atoms with Gasteiger partial charge in [-0.05, 0) is 25.7 Å². The van der Waals surface area contributed by atoms with Gasteiger partial charge in [0.2, 0.25) is 11.8 Å². The van der Waals surface area contributed by atoms with E-state index >= 15 is 0 Å². The average Bonchev–Trinajstić information content (AvgIpc) is 2.59. The molecule has 0 saturated carbocycles. The van der Waals surface area contributed by atoms with Crippen LogP contribution in [0, 0.1) is 0 Å². The first kappa shape index (κ1) is 23.4. The Morgan fingerprint density at radius 3 is 1.31 bits per heavy atom. The van der Waals surface area contributed by atoms with Gasteiger partial charge in [-0.25, -0.2) is 9.59 Å². The maximum Gasteiger partial charge on any atom is 0.354 e. The molecule has 26 heavy (non-hydrogen) atoms. The van der Waals surface area contributed by atoms with Crippen molar-refractivity contribution >= 4 is 23.8 Å². The standard InChI is InChI=1S/C18H28N2O6/c1-13(21)19-15(17(23)25-3)11-9-7-5-6-8-10-12-16(18(24)26-4)20-14(2)22/h11-12H,5-10H2,1-4H3,(H,19,21)(H,20,22)/b15-11-,16-12-. The van der Waals surface area contributed by atoms with E-state index in [4.69, 9.17) is 0 Å². The Labute approximate surface area is 154 Å². The number of hydrogen-bond donors (Lipinski definition) is 2. The smallest absolute Gasteiger partial charge is 0.354 e. The lowest BCUT2D eigenvalue weighted by atomic mass is 10.1. The average molecular weight is 368 g/mol. The maximum absolute atomic E-state index is 11.5. The second-order valence-electron chi connectivity index (χ2n) is 5.57. The summed E-state index contributed by atoms with van der Waals surface area (Å²) in [5.41, 5.74) is 0.307. The van der Waals surface area contributed by atoms with E-state index in [2.05, 4.69) is 20.1 Å². The molecule has 0 aliphatic carbocycles. The summed E-state index contributed by atoms with van der Waals surface area (Å²) in [6.07, 6.45) is 8.12. The number of amides is 2. The van der Waals surface area contributed by atoms with E-state index in [9.17, 15) is 19.2 Å². The normalized spacial score (nSPS) is 11.5. The second-order valence-corrected chi connectivity index (χ2v) is 5.57. The predicted molar refractivity (Wildman–Crippen MR) is 95.5 cm³/mol. The molecule has 0 aromatic rings. The van der Waals surface area contributed by atoms with E-state index in [1.54, 1.807) is 12.2 Å². The summed E-state index contributed by atoms with van der Waals surface area (Å²) in [6.45, 7) is 2.65. The fraction of sp³-hybridized carbons (Fsp3) is 0.556. The Bertz CT molecular complexity index is 516. The summed E-state index contributed by atoms with van der Waals surface area (Å²) in [6, 6.07) is 0. The minimum atomic E-state index is -0.571. The van der Waals surface area contributed by atoms with Crippen LogP contribution in [-0.2, 0) is 28.7 Å². The molecule has 0 spiro atoms. The summed E-state index contributed by atoms with van der Waals surface area (Å²) < 4.78 is 9.21. The van der Waals surface area contributed by atoms with Crippen molar-refractivity contribution in [2.24, 2.45) is 0 Å². The maximum atomic E-state index is 11.5. The SMILES string of the molecule is COC(=O)/C(=C/CCCCCC/C=C(\NC(C)=O)C(=O)OC)NC(C)=O. The van der Waals surface area contributed by atoms with Gasteiger partial charge in [-0.1, -0.05) is 25.0 Å². The van der Waals surface area contributed by atoms with Gasteiger partial charge < -0.3 is 20.1 Å². The molecule has 0 heterocycles. The summed E-state index contributed by atoms with van der Waals surface area (Å²) in [5.74, 6) is -1.79. The molecular formula is C18H28N2O6. The monoisotopic (exact) mass is 368 g/mol. The highest BCUT2D eigenvalue weighted by atomic mass is 16.5. The Morgan fingerprint density at radius 2 is 1.04 bits per heavy atom. The van der Waals surface area contributed by atoms with Crippen LogP contribution in [0.4, 0.5) is 0 Å². The number of carbonyl (C=O) groups excluding carboxylic acids is 4. The third-order valence-electron chi connectivity index (χ3n) is 3.29. The van der Waals surface area contributed by atoms with Gasteiger partial charge in [-0.15, -0.1) is 0 Å². The summed E-state index contributed by atoms with van der Waals surface area (Å²) in [5, 5.41) is 4.89. The van der Waals surface area contributed by atoms with Crippen molar-refractivity contribution < 1.29 is 28.7 Å². The van der Waals surface area contributed by atoms with E-state index in [1.807, 2.05) is 0 Å². The minimum Gasteiger partial charge on any atom is -0.464 e. The van der Waals surface area contributed by atoms with E-state index in [0.717, 1.165) is 25.7 Å². The van der Waals surface area contributed by atoms with E-state index in [0.29, 0.717) is 12.8 Å². The zero-order valence-electron chi connectivity index (χ0n) is 15.8. The van der Waals surface area contributed by atoms with Crippen LogP contribution >= 0.6 is 0 Å². The van der Waals surface area contributed by atoms with Gasteiger partial charge in [0.1, 0.15) is 11.4 Å². The summed E-state index contributed by atoms with van der Waals surface area (Å²) in [7, 11) is 2.52. The number of nitrogens with one attached hydrogen (secondary N) is 2. The van der Waals surface area contributed by atoms with Crippen LogP contribution in [-0.4, -0.2) is 38.0 Å². The molecule has 0 saturated heterocycles. The summed E-state index contributed by atoms with van der Waals surface area (Å²) >= 11 is 0. The molecule has 146 valence electrons. The van der Waals surface area contributed by atoms with Crippen molar-refractivity contribution in [3.63, 3.8) is 0 Å². The lowest BCUT2D eigenvalue weighted by molar-refractivity contribution is -0.138. The topological polar surface area (TPSA) is 111 Å². The molecule has 0 aliphatic rings. The first-order valence-electron chi connectivity index (χ1n) is 8.44. The molecule has 0 aliphatic heterocycles. The fourth-order valence-corrected chi connectivity index (χ4v) is 2.11. The predicted octanol–water partition coefficient (Wildman–Crippen LogP) is 1.71. The molecule has 2 amide bonds. The van der Waals surface area contributed by atoms with Gasteiger partial charge in [-0.3, -0.25) is 9.59 Å². The van der Waals surface area contributed by atoms with Crippen molar-refractivity contribution in [2.75, 3.05) is 14.2 Å². The van der Waals surface area contributed by atoms with Crippen molar-refractivity contribution in [3.05, 3.63) is 23.5 Å². The Balaban J connectivity index is 4.21. The van der Waals surface area contributed by atoms with Crippen LogP contribution in [0.15, 0.2) is 23.5 Å². The quantitative estimate of drug-likeness (QED) is 0.326. The van der Waals surface area contributed by atoms with Crippen molar-refractivity contribution in [1.29, 1.82) is 0 Å².